The second kappa shape index (κ2) is 6.58. The fourth-order valence-electron chi connectivity index (χ4n) is 3.76. The highest BCUT2D eigenvalue weighted by Gasteiger charge is 2.33. The normalized spacial score (nSPS) is 12.0. The van der Waals surface area contributed by atoms with Crippen LogP contribution in [-0.4, -0.2) is 20.6 Å². The number of halogens is 4. The Balaban J connectivity index is 2.11. The third kappa shape index (κ3) is 3.10. The molecule has 0 saturated carbocycles. The predicted molar refractivity (Wildman–Crippen MR) is 100 cm³/mol. The van der Waals surface area contributed by atoms with E-state index in [1.165, 1.54) is 41.1 Å². The van der Waals surface area contributed by atoms with E-state index in [0.717, 1.165) is 6.07 Å². The maximum absolute atomic E-state index is 14.0. The second-order valence-electron chi connectivity index (χ2n) is 6.66. The molecule has 0 saturated heterocycles. The number of hydrogen-bond donors (Lipinski definition) is 1. The van der Waals surface area contributed by atoms with E-state index in [0.29, 0.717) is 27.7 Å². The molecule has 0 aliphatic rings. The summed E-state index contributed by atoms with van der Waals surface area (Å²) in [5.41, 5.74) is 0.823. The Morgan fingerprint density at radius 1 is 1.14 bits per heavy atom. The number of carboxylic acids is 1. The number of aromatic nitrogens is 2. The molecule has 8 heteroatoms. The summed E-state index contributed by atoms with van der Waals surface area (Å²) >= 11 is 0. The zero-order valence-corrected chi connectivity index (χ0v) is 15.1. The van der Waals surface area contributed by atoms with Crippen molar-refractivity contribution in [2.45, 2.75) is 19.6 Å². The molecule has 0 spiro atoms. The summed E-state index contributed by atoms with van der Waals surface area (Å²) in [6.07, 6.45) is -3.31. The molecule has 148 valence electrons. The zero-order chi connectivity index (χ0) is 20.9. The molecule has 29 heavy (non-hydrogen) atoms. The van der Waals surface area contributed by atoms with E-state index in [2.05, 4.69) is 4.98 Å². The van der Waals surface area contributed by atoms with Crippen molar-refractivity contribution in [1.82, 2.24) is 9.55 Å². The molecular weight excluding hydrogens is 388 g/mol. The fraction of sp³-hybridized carbons (Fsp3) is 0.143. The van der Waals surface area contributed by atoms with E-state index in [-0.39, 0.29) is 17.4 Å². The van der Waals surface area contributed by atoms with Crippen LogP contribution < -0.4 is 0 Å². The smallest absolute Gasteiger partial charge is 0.418 e. The molecule has 0 radical (unpaired) electrons. The van der Waals surface area contributed by atoms with Gasteiger partial charge >= 0.3 is 12.1 Å². The van der Waals surface area contributed by atoms with Crippen LogP contribution in [0.2, 0.25) is 0 Å². The number of fused-ring (bicyclic) bond motifs is 2. The molecule has 0 unspecified atom stereocenters. The summed E-state index contributed by atoms with van der Waals surface area (Å²) in [5.74, 6) is -1.61. The topological polar surface area (TPSA) is 55.1 Å². The highest BCUT2D eigenvalue weighted by Crippen LogP contribution is 2.41. The Labute approximate surface area is 162 Å². The molecule has 2 aromatic carbocycles. The van der Waals surface area contributed by atoms with Crippen molar-refractivity contribution in [2.24, 2.45) is 0 Å². The number of benzene rings is 2. The van der Waals surface area contributed by atoms with Crippen molar-refractivity contribution in [3.05, 3.63) is 65.7 Å². The van der Waals surface area contributed by atoms with Gasteiger partial charge in [0, 0.05) is 33.7 Å². The van der Waals surface area contributed by atoms with E-state index < -0.39 is 23.5 Å². The average Bonchev–Trinajstić information content (AvgIpc) is 2.90. The molecule has 0 amide bonds. The van der Waals surface area contributed by atoms with Gasteiger partial charge in [-0.15, -0.1) is 0 Å². The molecule has 1 N–H and O–H groups in total. The summed E-state index contributed by atoms with van der Waals surface area (Å²) in [6, 6.07) is 9.27. The van der Waals surface area contributed by atoms with Crippen molar-refractivity contribution >= 4 is 27.8 Å². The van der Waals surface area contributed by atoms with Crippen molar-refractivity contribution in [1.29, 1.82) is 0 Å². The van der Waals surface area contributed by atoms with Gasteiger partial charge in [0.2, 0.25) is 0 Å². The van der Waals surface area contributed by atoms with Crippen LogP contribution in [0.1, 0.15) is 11.3 Å². The van der Waals surface area contributed by atoms with Gasteiger partial charge in [0.25, 0.3) is 0 Å². The molecule has 0 aliphatic heterocycles. The Morgan fingerprint density at radius 2 is 1.90 bits per heavy atom. The largest absolute Gasteiger partial charge is 0.480 e. The molecule has 0 atom stereocenters. The molecular formula is C21H14F4N2O2. The number of carboxylic acid groups (broad SMARTS) is 1. The summed E-state index contributed by atoms with van der Waals surface area (Å²) in [5, 5.41) is 9.93. The van der Waals surface area contributed by atoms with Crippen molar-refractivity contribution in [3.63, 3.8) is 0 Å². The quantitative estimate of drug-likeness (QED) is 0.467. The van der Waals surface area contributed by atoms with E-state index in [4.69, 9.17) is 0 Å². The van der Waals surface area contributed by atoms with E-state index >= 15 is 0 Å². The number of carbonyl (C=O) groups is 1. The van der Waals surface area contributed by atoms with Gasteiger partial charge in [0.15, 0.2) is 0 Å². The first-order valence-electron chi connectivity index (χ1n) is 8.64. The Bertz CT molecular complexity index is 1280. The minimum absolute atomic E-state index is 0.215. The number of alkyl halides is 3. The van der Waals surface area contributed by atoms with Crippen LogP contribution in [0.4, 0.5) is 17.6 Å². The minimum Gasteiger partial charge on any atom is -0.480 e. The number of nitrogens with zero attached hydrogens (tertiary/aromatic N) is 2. The lowest BCUT2D eigenvalue weighted by Crippen LogP contribution is -2.10. The zero-order valence-electron chi connectivity index (χ0n) is 15.1. The lowest BCUT2D eigenvalue weighted by Gasteiger charge is -2.13. The van der Waals surface area contributed by atoms with Gasteiger partial charge in [-0.1, -0.05) is 12.1 Å². The Kier molecular flexibility index (Phi) is 4.29. The highest BCUT2D eigenvalue weighted by molar-refractivity contribution is 6.06. The molecule has 4 aromatic rings. The average molecular weight is 402 g/mol. The second-order valence-corrected chi connectivity index (χ2v) is 6.66. The van der Waals surface area contributed by atoms with Gasteiger partial charge in [-0.05, 0) is 42.8 Å². The van der Waals surface area contributed by atoms with Crippen molar-refractivity contribution in [3.8, 4) is 11.1 Å². The van der Waals surface area contributed by atoms with Gasteiger partial charge in [-0.25, -0.2) is 4.39 Å². The highest BCUT2D eigenvalue weighted by atomic mass is 19.4. The van der Waals surface area contributed by atoms with Crippen LogP contribution in [-0.2, 0) is 17.5 Å². The fourth-order valence-corrected chi connectivity index (χ4v) is 3.76. The standard InChI is InChI=1S/C21H14F4N2O2/c1-11-19(15-9-12(22)5-6-17(15)27(11)10-18(28)29)13-7-8-26-20-14(13)3-2-4-16(20)21(23,24)25/h2-9H,10H2,1H3,(H,28,29). The molecule has 4 nitrogen and oxygen atoms in total. The monoisotopic (exact) mass is 402 g/mol. The summed E-state index contributed by atoms with van der Waals surface area (Å²) in [4.78, 5) is 15.2. The van der Waals surface area contributed by atoms with Crippen molar-refractivity contribution < 1.29 is 27.5 Å². The van der Waals surface area contributed by atoms with Crippen LogP contribution in [0.5, 0.6) is 0 Å². The van der Waals surface area contributed by atoms with Crippen LogP contribution in [0.25, 0.3) is 32.9 Å². The number of aliphatic carboxylic acids is 1. The minimum atomic E-state index is -4.58. The van der Waals surface area contributed by atoms with Crippen LogP contribution >= 0.6 is 0 Å². The van der Waals surface area contributed by atoms with Gasteiger partial charge in [0.05, 0.1) is 11.1 Å². The van der Waals surface area contributed by atoms with Gasteiger partial charge in [-0.3, -0.25) is 9.78 Å². The molecule has 0 bridgehead atoms. The molecule has 0 aliphatic carbocycles. The first kappa shape index (κ1) is 18.9. The van der Waals surface area contributed by atoms with Crippen LogP contribution in [0.15, 0.2) is 48.7 Å². The molecule has 2 aromatic heterocycles. The number of pyridine rings is 1. The van der Waals surface area contributed by atoms with Crippen LogP contribution in [0.3, 0.4) is 0 Å². The van der Waals surface area contributed by atoms with E-state index in [1.54, 1.807) is 13.0 Å². The first-order valence-corrected chi connectivity index (χ1v) is 8.64. The number of para-hydroxylation sites is 1. The number of hydrogen-bond acceptors (Lipinski definition) is 2. The Morgan fingerprint density at radius 3 is 2.59 bits per heavy atom. The van der Waals surface area contributed by atoms with E-state index in [9.17, 15) is 27.5 Å². The third-order valence-electron chi connectivity index (χ3n) is 4.92. The molecule has 4 rings (SSSR count). The lowest BCUT2D eigenvalue weighted by molar-refractivity contribution is -0.138. The van der Waals surface area contributed by atoms with Crippen molar-refractivity contribution in [2.75, 3.05) is 0 Å². The lowest BCUT2D eigenvalue weighted by atomic mass is 9.97. The Hall–Kier alpha value is -3.42. The van der Waals surface area contributed by atoms with Gasteiger partial charge < -0.3 is 9.67 Å². The SMILES string of the molecule is Cc1c(-c2ccnc3c(C(F)(F)F)cccc23)c2cc(F)ccc2n1CC(=O)O. The third-order valence-corrected chi connectivity index (χ3v) is 4.92. The summed E-state index contributed by atoms with van der Waals surface area (Å²) in [7, 11) is 0. The van der Waals surface area contributed by atoms with Gasteiger partial charge in [0.1, 0.15) is 12.4 Å². The molecule has 0 fully saturated rings. The number of rotatable bonds is 3. The summed E-state index contributed by atoms with van der Waals surface area (Å²) in [6.45, 7) is 1.31. The predicted octanol–water partition coefficient (Wildman–Crippen LogP) is 5.41. The summed E-state index contributed by atoms with van der Waals surface area (Å²) < 4.78 is 55.8. The maximum Gasteiger partial charge on any atom is 0.418 e. The maximum atomic E-state index is 14.0. The molecule has 2 heterocycles. The first-order chi connectivity index (χ1) is 13.7. The van der Waals surface area contributed by atoms with Gasteiger partial charge in [-0.2, -0.15) is 13.2 Å². The van der Waals surface area contributed by atoms with Crippen LogP contribution in [0, 0.1) is 12.7 Å². The van der Waals surface area contributed by atoms with E-state index in [1.807, 2.05) is 0 Å².